The van der Waals surface area contributed by atoms with Crippen LogP contribution in [-0.2, 0) is 0 Å². The first kappa shape index (κ1) is 11.9. The van der Waals surface area contributed by atoms with E-state index in [4.69, 9.17) is 0 Å². The minimum atomic E-state index is 0.589. The van der Waals surface area contributed by atoms with Crippen molar-refractivity contribution < 1.29 is 0 Å². The van der Waals surface area contributed by atoms with Gasteiger partial charge in [0, 0.05) is 17.5 Å². The third kappa shape index (κ3) is 2.77. The molecule has 1 aromatic heterocycles. The first-order valence-electron chi connectivity index (χ1n) is 5.99. The molecule has 1 saturated heterocycles. The number of pyridine rings is 1. The molecule has 0 aromatic carbocycles. The van der Waals surface area contributed by atoms with Gasteiger partial charge in [-0.2, -0.15) is 0 Å². The van der Waals surface area contributed by atoms with Crippen LogP contribution in [0.25, 0.3) is 0 Å². The Morgan fingerprint density at radius 3 is 2.75 bits per heavy atom. The number of thioether (sulfide) groups is 1. The molecule has 1 aromatic rings. The fourth-order valence-electron chi connectivity index (χ4n) is 2.23. The topological polar surface area (TPSA) is 16.1 Å². The lowest BCUT2D eigenvalue weighted by molar-refractivity contribution is 0.317. The van der Waals surface area contributed by atoms with E-state index in [1.807, 2.05) is 11.8 Å². The highest BCUT2D eigenvalue weighted by Gasteiger charge is 2.22. The van der Waals surface area contributed by atoms with Gasteiger partial charge in [-0.15, -0.1) is 11.8 Å². The van der Waals surface area contributed by atoms with Gasteiger partial charge in [-0.3, -0.25) is 4.90 Å². The van der Waals surface area contributed by atoms with Gasteiger partial charge in [-0.05, 0) is 38.1 Å². The SMILES string of the molecule is CC(C)Sc1ccc([C@H]2CCCN2C)cn1. The van der Waals surface area contributed by atoms with Crippen molar-refractivity contribution in [3.63, 3.8) is 0 Å². The maximum atomic E-state index is 4.53. The van der Waals surface area contributed by atoms with E-state index in [-0.39, 0.29) is 0 Å². The molecule has 0 radical (unpaired) electrons. The van der Waals surface area contributed by atoms with Gasteiger partial charge in [-0.25, -0.2) is 4.98 Å². The van der Waals surface area contributed by atoms with Crippen LogP contribution >= 0.6 is 11.8 Å². The summed E-state index contributed by atoms with van der Waals surface area (Å²) in [5.74, 6) is 0. The smallest absolute Gasteiger partial charge is 0.0962 e. The average molecular weight is 236 g/mol. The summed E-state index contributed by atoms with van der Waals surface area (Å²) >= 11 is 1.83. The number of hydrogen-bond acceptors (Lipinski definition) is 3. The van der Waals surface area contributed by atoms with E-state index in [0.717, 1.165) is 5.03 Å². The summed E-state index contributed by atoms with van der Waals surface area (Å²) in [5.41, 5.74) is 1.37. The quantitative estimate of drug-likeness (QED) is 0.749. The lowest BCUT2D eigenvalue weighted by Crippen LogP contribution is -2.17. The maximum Gasteiger partial charge on any atom is 0.0962 e. The number of aromatic nitrogens is 1. The van der Waals surface area contributed by atoms with Gasteiger partial charge in [0.05, 0.1) is 5.03 Å². The lowest BCUT2D eigenvalue weighted by Gasteiger charge is -2.19. The van der Waals surface area contributed by atoms with Crippen molar-refractivity contribution in [3.8, 4) is 0 Å². The molecule has 0 saturated carbocycles. The van der Waals surface area contributed by atoms with Gasteiger partial charge in [0.1, 0.15) is 0 Å². The molecular formula is C13H20N2S. The minimum Gasteiger partial charge on any atom is -0.299 e. The molecule has 2 nitrogen and oxygen atoms in total. The van der Waals surface area contributed by atoms with Crippen molar-refractivity contribution in [2.45, 2.75) is 43.0 Å². The second-order valence-electron chi connectivity index (χ2n) is 4.74. The molecular weight excluding hydrogens is 216 g/mol. The third-order valence-corrected chi connectivity index (χ3v) is 3.98. The largest absolute Gasteiger partial charge is 0.299 e. The van der Waals surface area contributed by atoms with Crippen LogP contribution in [0.2, 0.25) is 0 Å². The summed E-state index contributed by atoms with van der Waals surface area (Å²) in [6.45, 7) is 5.61. The molecule has 0 aliphatic carbocycles. The summed E-state index contributed by atoms with van der Waals surface area (Å²) in [7, 11) is 2.20. The Morgan fingerprint density at radius 2 is 2.25 bits per heavy atom. The van der Waals surface area contributed by atoms with E-state index in [0.29, 0.717) is 11.3 Å². The molecule has 0 unspecified atom stereocenters. The van der Waals surface area contributed by atoms with Gasteiger partial charge in [0.25, 0.3) is 0 Å². The Hall–Kier alpha value is -0.540. The highest BCUT2D eigenvalue weighted by molar-refractivity contribution is 7.99. The Balaban J connectivity index is 2.07. The number of rotatable bonds is 3. The van der Waals surface area contributed by atoms with Crippen LogP contribution in [0.3, 0.4) is 0 Å². The molecule has 0 N–H and O–H groups in total. The van der Waals surface area contributed by atoms with Crippen molar-refractivity contribution in [1.29, 1.82) is 0 Å². The fraction of sp³-hybridized carbons (Fsp3) is 0.615. The Bertz CT molecular complexity index is 334. The highest BCUT2D eigenvalue weighted by Crippen LogP contribution is 2.30. The zero-order valence-electron chi connectivity index (χ0n) is 10.3. The number of nitrogens with zero attached hydrogens (tertiary/aromatic N) is 2. The van der Waals surface area contributed by atoms with Gasteiger partial charge in [0.15, 0.2) is 0 Å². The second kappa shape index (κ2) is 5.19. The molecule has 16 heavy (non-hydrogen) atoms. The van der Waals surface area contributed by atoms with Crippen molar-refractivity contribution in [2.75, 3.05) is 13.6 Å². The standard InChI is InChI=1S/C13H20N2S/c1-10(2)16-13-7-6-11(9-14-13)12-5-4-8-15(12)3/h6-7,9-10,12H,4-5,8H2,1-3H3/t12-/m1/s1. The van der Waals surface area contributed by atoms with Gasteiger partial charge in [0.2, 0.25) is 0 Å². The summed E-state index contributed by atoms with van der Waals surface area (Å²) in [5, 5.41) is 1.74. The second-order valence-corrected chi connectivity index (χ2v) is 6.33. The zero-order valence-corrected chi connectivity index (χ0v) is 11.1. The monoisotopic (exact) mass is 236 g/mol. The molecule has 2 rings (SSSR count). The molecule has 1 fully saturated rings. The van der Waals surface area contributed by atoms with E-state index < -0.39 is 0 Å². The Morgan fingerprint density at radius 1 is 1.44 bits per heavy atom. The van der Waals surface area contributed by atoms with Crippen LogP contribution in [0.4, 0.5) is 0 Å². The third-order valence-electron chi connectivity index (χ3n) is 3.02. The molecule has 1 aliphatic rings. The maximum absolute atomic E-state index is 4.53. The molecule has 88 valence electrons. The first-order chi connectivity index (χ1) is 7.66. The summed E-state index contributed by atoms with van der Waals surface area (Å²) in [4.78, 5) is 6.96. The Labute approximate surface area is 102 Å². The van der Waals surface area contributed by atoms with Crippen molar-refractivity contribution in [3.05, 3.63) is 23.9 Å². The molecule has 0 spiro atoms. The summed E-state index contributed by atoms with van der Waals surface area (Å²) < 4.78 is 0. The fourth-order valence-corrected chi connectivity index (χ4v) is 2.97. The zero-order chi connectivity index (χ0) is 11.5. The van der Waals surface area contributed by atoms with Crippen LogP contribution in [-0.4, -0.2) is 28.7 Å². The van der Waals surface area contributed by atoms with Gasteiger partial charge < -0.3 is 0 Å². The number of likely N-dealkylation sites (tertiary alicyclic amines) is 1. The lowest BCUT2D eigenvalue weighted by atomic mass is 10.1. The number of hydrogen-bond donors (Lipinski definition) is 0. The van der Waals surface area contributed by atoms with Crippen LogP contribution in [0, 0.1) is 0 Å². The van der Waals surface area contributed by atoms with Gasteiger partial charge in [-0.1, -0.05) is 19.9 Å². The average Bonchev–Trinajstić information content (AvgIpc) is 2.65. The Kier molecular flexibility index (Phi) is 3.87. The molecule has 0 bridgehead atoms. The van der Waals surface area contributed by atoms with Crippen molar-refractivity contribution in [2.24, 2.45) is 0 Å². The summed E-state index contributed by atoms with van der Waals surface area (Å²) in [6.07, 6.45) is 4.63. The van der Waals surface area contributed by atoms with Crippen LogP contribution in [0.5, 0.6) is 0 Å². The van der Waals surface area contributed by atoms with Crippen LogP contribution in [0.1, 0.15) is 38.3 Å². The van der Waals surface area contributed by atoms with E-state index in [1.165, 1.54) is 24.9 Å². The predicted molar refractivity (Wildman–Crippen MR) is 69.8 cm³/mol. The van der Waals surface area contributed by atoms with Crippen LogP contribution in [0.15, 0.2) is 23.4 Å². The van der Waals surface area contributed by atoms with Crippen molar-refractivity contribution >= 4 is 11.8 Å². The molecule has 1 aliphatic heterocycles. The normalized spacial score (nSPS) is 21.9. The molecule has 3 heteroatoms. The first-order valence-corrected chi connectivity index (χ1v) is 6.87. The molecule has 2 heterocycles. The van der Waals surface area contributed by atoms with E-state index in [1.54, 1.807) is 0 Å². The van der Waals surface area contributed by atoms with Gasteiger partial charge >= 0.3 is 0 Å². The predicted octanol–water partition coefficient (Wildman–Crippen LogP) is 3.35. The van der Waals surface area contributed by atoms with Crippen LogP contribution < -0.4 is 0 Å². The van der Waals surface area contributed by atoms with E-state index in [2.05, 4.69) is 49.1 Å². The van der Waals surface area contributed by atoms with E-state index in [9.17, 15) is 0 Å². The minimum absolute atomic E-state index is 0.589. The van der Waals surface area contributed by atoms with E-state index >= 15 is 0 Å². The summed E-state index contributed by atoms with van der Waals surface area (Å²) in [6, 6.07) is 4.99. The molecule has 0 amide bonds. The van der Waals surface area contributed by atoms with Crippen molar-refractivity contribution in [1.82, 2.24) is 9.88 Å². The highest BCUT2D eigenvalue weighted by atomic mass is 32.2. The molecule has 1 atom stereocenters.